The lowest BCUT2D eigenvalue weighted by molar-refractivity contribution is -0.222. The predicted molar refractivity (Wildman–Crippen MR) is 224 cm³/mol. The summed E-state index contributed by atoms with van der Waals surface area (Å²) in [7, 11) is 1.74. The van der Waals surface area contributed by atoms with Crippen LogP contribution >= 0.6 is 0 Å². The number of cyclic esters (lactones) is 1. The number of piperazine rings is 1. The van der Waals surface area contributed by atoms with E-state index in [0.717, 1.165) is 25.1 Å². The van der Waals surface area contributed by atoms with Crippen molar-refractivity contribution in [1.82, 2.24) is 9.80 Å². The summed E-state index contributed by atoms with van der Waals surface area (Å²) < 4.78 is 48.8. The van der Waals surface area contributed by atoms with Gasteiger partial charge in [0.2, 0.25) is 0 Å². The molecule has 0 radical (unpaired) electrons. The maximum absolute atomic E-state index is 13.8. The number of esters is 1. The molecule has 0 aromatic carbocycles. The number of hydrogen-bond donors (Lipinski definition) is 1. The Morgan fingerprint density at radius 1 is 1.05 bits per heavy atom. The molecule has 0 aromatic heterocycles. The van der Waals surface area contributed by atoms with E-state index in [4.69, 9.17) is 37.9 Å². The predicted octanol–water partition coefficient (Wildman–Crippen LogP) is 7.20. The van der Waals surface area contributed by atoms with Crippen molar-refractivity contribution in [3.8, 4) is 0 Å². The molecule has 58 heavy (non-hydrogen) atoms. The number of nitrogens with zero attached hydrogens (tertiary/aromatic N) is 2. The Labute approximate surface area is 349 Å². The van der Waals surface area contributed by atoms with Gasteiger partial charge in [-0.25, -0.2) is 4.79 Å². The van der Waals surface area contributed by atoms with Crippen molar-refractivity contribution in [3.05, 3.63) is 36.0 Å². The van der Waals surface area contributed by atoms with Crippen LogP contribution < -0.4 is 0 Å². The second-order valence-electron chi connectivity index (χ2n) is 17.0. The first-order valence-electron chi connectivity index (χ1n) is 21.8. The lowest BCUT2D eigenvalue weighted by Gasteiger charge is -2.41. The molecular weight excluding hydrogens is 744 g/mol. The van der Waals surface area contributed by atoms with Gasteiger partial charge >= 0.3 is 12.1 Å². The van der Waals surface area contributed by atoms with Gasteiger partial charge in [0.25, 0.3) is 0 Å². The van der Waals surface area contributed by atoms with Gasteiger partial charge in [0, 0.05) is 70.8 Å². The van der Waals surface area contributed by atoms with Gasteiger partial charge in [-0.15, -0.1) is 0 Å². The highest BCUT2D eigenvalue weighted by Crippen LogP contribution is 2.40. The number of epoxide rings is 1. The van der Waals surface area contributed by atoms with Crippen LogP contribution in [0, 0.1) is 11.8 Å². The lowest BCUT2D eigenvalue weighted by Crippen LogP contribution is -2.53. The Bertz CT molecular complexity index is 1350. The van der Waals surface area contributed by atoms with E-state index in [9.17, 15) is 14.7 Å². The zero-order valence-corrected chi connectivity index (χ0v) is 37.9. The monoisotopic (exact) mass is 823 g/mol. The van der Waals surface area contributed by atoms with Crippen molar-refractivity contribution >= 4 is 12.1 Å². The molecule has 0 aliphatic carbocycles. The summed E-state index contributed by atoms with van der Waals surface area (Å²) in [6, 6.07) is 0.392. The number of hydrogen-bond acceptors (Lipinski definition) is 12. The summed E-state index contributed by atoms with van der Waals surface area (Å²) in [4.78, 5) is 31.2. The van der Waals surface area contributed by atoms with E-state index in [2.05, 4.69) is 32.6 Å². The smallest absolute Gasteiger partial charge is 0.410 e. The van der Waals surface area contributed by atoms with E-state index in [1.807, 2.05) is 78.8 Å². The summed E-state index contributed by atoms with van der Waals surface area (Å²) in [5.41, 5.74) is -1.02. The largest absolute Gasteiger partial charge is 0.457 e. The third-order valence-corrected chi connectivity index (χ3v) is 11.8. The second kappa shape index (κ2) is 23.6. The van der Waals surface area contributed by atoms with Crippen LogP contribution in [-0.2, 0) is 42.7 Å². The molecule has 3 heterocycles. The van der Waals surface area contributed by atoms with Gasteiger partial charge in [0.05, 0.1) is 36.4 Å². The molecule has 0 saturated carbocycles. The fourth-order valence-corrected chi connectivity index (χ4v) is 8.27. The summed E-state index contributed by atoms with van der Waals surface area (Å²) in [5, 5.41) is 11.1. The van der Waals surface area contributed by atoms with Crippen LogP contribution in [0.2, 0.25) is 0 Å². The first-order valence-corrected chi connectivity index (χ1v) is 21.8. The third kappa shape index (κ3) is 15.3. The molecule has 12 atom stereocenters. The summed E-state index contributed by atoms with van der Waals surface area (Å²) in [5.74, 6) is -0.607. The highest BCUT2D eigenvalue weighted by molar-refractivity contribution is 5.70. The van der Waals surface area contributed by atoms with Crippen molar-refractivity contribution in [2.75, 3.05) is 46.5 Å². The fraction of sp³-hybridized carbons (Fsp3) is 0.822. The minimum atomic E-state index is -1.08. The molecule has 3 aliphatic heterocycles. The number of aliphatic hydroxyl groups excluding tert-OH is 1. The summed E-state index contributed by atoms with van der Waals surface area (Å²) >= 11 is 0. The lowest BCUT2D eigenvalue weighted by atomic mass is 9.88. The fourth-order valence-electron chi connectivity index (χ4n) is 8.27. The molecule has 0 bridgehead atoms. The summed E-state index contributed by atoms with van der Waals surface area (Å²) in [6.07, 6.45) is 7.67. The maximum Gasteiger partial charge on any atom is 0.410 e. The number of allylic oxidation sites excluding steroid dienone is 2. The van der Waals surface area contributed by atoms with Crippen molar-refractivity contribution in [1.29, 1.82) is 0 Å². The number of methoxy groups -OCH3 is 1. The van der Waals surface area contributed by atoms with Gasteiger partial charge in [0.15, 0.2) is 18.7 Å². The van der Waals surface area contributed by atoms with E-state index in [1.165, 1.54) is 0 Å². The molecule has 3 rings (SSSR count). The zero-order chi connectivity index (χ0) is 43.2. The van der Waals surface area contributed by atoms with Crippen LogP contribution in [0.1, 0.15) is 115 Å². The Kier molecular flexibility index (Phi) is 20.3. The van der Waals surface area contributed by atoms with Crippen LogP contribution in [0.15, 0.2) is 36.0 Å². The number of carbonyl (C=O) groups excluding carboxylic acids is 2. The minimum Gasteiger partial charge on any atom is -0.457 e. The Morgan fingerprint density at radius 2 is 1.71 bits per heavy atom. The number of ether oxygens (including phenoxy) is 8. The Hall–Kier alpha value is -2.36. The molecule has 13 nitrogen and oxygen atoms in total. The standard InChI is InChI=1S/C45H78N2O11/c1-14-37(51-13)33(8)42-38(54-42)29-44(11,57-34(9)52-15-2)22-17-18-31(6)41-32(7)19-20-39(55-43(50)47-26-24-46(25-27-47)30(4)5)45(12,58-35(10)53-16-3)23-21-36(48)28-40(49)56-41/h17-20,22,30,32-39,41-42,48H,14-16,21,23-29H2,1-13H3/b20-19-,22-17+,31-18+. The molecule has 13 heteroatoms. The molecule has 2 fully saturated rings. The minimum absolute atomic E-state index is 0.00878. The highest BCUT2D eigenvalue weighted by Gasteiger charge is 2.49. The average Bonchev–Trinajstić information content (AvgIpc) is 3.92. The van der Waals surface area contributed by atoms with E-state index < -0.39 is 54.2 Å². The average molecular weight is 823 g/mol. The van der Waals surface area contributed by atoms with Gasteiger partial charge in [-0.3, -0.25) is 9.69 Å². The van der Waals surface area contributed by atoms with Crippen molar-refractivity contribution in [3.63, 3.8) is 0 Å². The maximum atomic E-state index is 13.8. The normalized spacial score (nSPS) is 31.7. The van der Waals surface area contributed by atoms with Crippen LogP contribution in [0.25, 0.3) is 0 Å². The molecule has 2 saturated heterocycles. The molecule has 1 N–H and O–H groups in total. The number of amides is 1. The molecule has 0 spiro atoms. The van der Waals surface area contributed by atoms with Crippen LogP contribution in [0.3, 0.4) is 0 Å². The molecular formula is C45H78N2O11. The first-order chi connectivity index (χ1) is 27.4. The van der Waals surface area contributed by atoms with Gasteiger partial charge in [-0.05, 0) is 93.2 Å². The first kappa shape index (κ1) is 50.0. The van der Waals surface area contributed by atoms with Crippen molar-refractivity contribution in [2.45, 2.75) is 182 Å². The van der Waals surface area contributed by atoms with Gasteiger partial charge in [-0.2, -0.15) is 0 Å². The van der Waals surface area contributed by atoms with E-state index in [-0.39, 0.29) is 43.0 Å². The van der Waals surface area contributed by atoms with Crippen molar-refractivity contribution < 1.29 is 52.6 Å². The summed E-state index contributed by atoms with van der Waals surface area (Å²) in [6.45, 7) is 27.5. The molecule has 334 valence electrons. The van der Waals surface area contributed by atoms with Gasteiger partial charge in [0.1, 0.15) is 11.7 Å². The number of aliphatic hydroxyl groups is 1. The number of carbonyl (C=O) groups is 2. The van der Waals surface area contributed by atoms with Gasteiger partial charge < -0.3 is 47.9 Å². The Balaban J connectivity index is 1.92. The van der Waals surface area contributed by atoms with E-state index in [1.54, 1.807) is 18.9 Å². The quantitative estimate of drug-likeness (QED) is 0.0464. The second-order valence-corrected chi connectivity index (χ2v) is 17.0. The number of rotatable bonds is 19. The van der Waals surface area contributed by atoms with Crippen LogP contribution in [-0.4, -0.2) is 140 Å². The Morgan fingerprint density at radius 3 is 2.31 bits per heavy atom. The van der Waals surface area contributed by atoms with E-state index in [0.29, 0.717) is 45.2 Å². The van der Waals surface area contributed by atoms with Crippen molar-refractivity contribution in [2.24, 2.45) is 11.8 Å². The van der Waals surface area contributed by atoms with E-state index >= 15 is 0 Å². The molecule has 1 amide bonds. The van der Waals surface area contributed by atoms with Gasteiger partial charge in [-0.1, -0.05) is 45.1 Å². The van der Waals surface area contributed by atoms with Crippen LogP contribution in [0.4, 0.5) is 4.79 Å². The molecule has 12 unspecified atom stereocenters. The topological polar surface area (TPSA) is 138 Å². The SMILES string of the molecule is CCOC(C)OC(C)(/C=C/C=C(\C)C1OC(=O)CC(O)CCC(C)(OC(C)OCC)C(OC(=O)N2CCN(C(C)C)CC2)/C=C\C1C)CC1OC1C(C)C(CC)OC. The third-order valence-electron chi connectivity index (χ3n) is 11.8. The zero-order valence-electron chi connectivity index (χ0n) is 37.9. The molecule has 3 aliphatic rings. The van der Waals surface area contributed by atoms with Crippen LogP contribution in [0.5, 0.6) is 0 Å². The molecule has 0 aromatic rings. The highest BCUT2D eigenvalue weighted by atomic mass is 16.7.